The fourth-order valence-corrected chi connectivity index (χ4v) is 1.27. The summed E-state index contributed by atoms with van der Waals surface area (Å²) in [5.74, 6) is -0.350. The van der Waals surface area contributed by atoms with Gasteiger partial charge in [0.25, 0.3) is 0 Å². The number of β-amino-alcohol motifs (C(OH)–C–C–N with tert-alkyl or cyclic N) is 1. The van der Waals surface area contributed by atoms with Crippen molar-refractivity contribution >= 4 is 5.97 Å². The Balaban J connectivity index is 2.54. The van der Waals surface area contributed by atoms with Crippen molar-refractivity contribution in [1.29, 1.82) is 0 Å². The third kappa shape index (κ3) is 1.52. The SMILES string of the molecule is COC(=O)[C@H]1NC[C@H](O)C1C. The number of carbonyl (C=O) groups excluding carboxylic acids is 1. The van der Waals surface area contributed by atoms with Gasteiger partial charge in [-0.2, -0.15) is 0 Å². The van der Waals surface area contributed by atoms with Gasteiger partial charge in [0.1, 0.15) is 6.04 Å². The molecule has 1 rings (SSSR count). The van der Waals surface area contributed by atoms with Crippen molar-refractivity contribution in [3.63, 3.8) is 0 Å². The van der Waals surface area contributed by atoms with E-state index in [2.05, 4.69) is 10.1 Å². The van der Waals surface area contributed by atoms with Crippen LogP contribution in [0.5, 0.6) is 0 Å². The smallest absolute Gasteiger partial charge is 0.323 e. The number of hydrogen-bond donors (Lipinski definition) is 2. The zero-order valence-corrected chi connectivity index (χ0v) is 6.70. The lowest BCUT2D eigenvalue weighted by atomic mass is 10.0. The first-order valence-electron chi connectivity index (χ1n) is 3.66. The maximum atomic E-state index is 11.0. The second-order valence-corrected chi connectivity index (χ2v) is 2.84. The number of esters is 1. The summed E-state index contributed by atoms with van der Waals surface area (Å²) in [6.45, 7) is 2.30. The van der Waals surface area contributed by atoms with E-state index in [1.54, 1.807) is 0 Å². The fraction of sp³-hybridized carbons (Fsp3) is 0.857. The van der Waals surface area contributed by atoms with E-state index in [1.165, 1.54) is 7.11 Å². The van der Waals surface area contributed by atoms with Crippen LogP contribution in [0.2, 0.25) is 0 Å². The molecule has 0 saturated carbocycles. The monoisotopic (exact) mass is 159 g/mol. The third-order valence-electron chi connectivity index (χ3n) is 2.13. The molecule has 0 spiro atoms. The summed E-state index contributed by atoms with van der Waals surface area (Å²) in [5.41, 5.74) is 0. The second kappa shape index (κ2) is 3.19. The fourth-order valence-electron chi connectivity index (χ4n) is 1.27. The number of hydrogen-bond acceptors (Lipinski definition) is 4. The predicted octanol–water partition coefficient (Wildman–Crippen LogP) is -0.872. The van der Waals surface area contributed by atoms with Crippen molar-refractivity contribution in [2.75, 3.05) is 13.7 Å². The highest BCUT2D eigenvalue weighted by Gasteiger charge is 2.36. The third-order valence-corrected chi connectivity index (χ3v) is 2.13. The van der Waals surface area contributed by atoms with E-state index in [0.29, 0.717) is 6.54 Å². The molecule has 2 N–H and O–H groups in total. The van der Waals surface area contributed by atoms with Crippen LogP contribution in [0.4, 0.5) is 0 Å². The Bertz CT molecular complexity index is 160. The van der Waals surface area contributed by atoms with Gasteiger partial charge >= 0.3 is 5.97 Å². The van der Waals surface area contributed by atoms with Gasteiger partial charge < -0.3 is 15.2 Å². The van der Waals surface area contributed by atoms with Crippen LogP contribution >= 0.6 is 0 Å². The predicted molar refractivity (Wildman–Crippen MR) is 39.0 cm³/mol. The Hall–Kier alpha value is -0.610. The summed E-state index contributed by atoms with van der Waals surface area (Å²) >= 11 is 0. The molecule has 64 valence electrons. The van der Waals surface area contributed by atoms with Crippen molar-refractivity contribution in [3.8, 4) is 0 Å². The Kier molecular flexibility index (Phi) is 2.46. The standard InChI is InChI=1S/C7H13NO3/c1-4-5(9)3-8-6(4)7(10)11-2/h4-6,8-9H,3H2,1-2H3/t4?,5-,6-/m0/s1. The van der Waals surface area contributed by atoms with Crippen LogP contribution in [-0.4, -0.2) is 36.9 Å². The second-order valence-electron chi connectivity index (χ2n) is 2.84. The zero-order valence-electron chi connectivity index (χ0n) is 6.70. The summed E-state index contributed by atoms with van der Waals surface area (Å²) in [7, 11) is 1.35. The molecule has 1 unspecified atom stereocenters. The van der Waals surface area contributed by atoms with Gasteiger partial charge in [-0.1, -0.05) is 6.92 Å². The lowest BCUT2D eigenvalue weighted by Crippen LogP contribution is -2.36. The molecule has 1 fully saturated rings. The van der Waals surface area contributed by atoms with E-state index >= 15 is 0 Å². The van der Waals surface area contributed by atoms with Gasteiger partial charge in [0.2, 0.25) is 0 Å². The largest absolute Gasteiger partial charge is 0.468 e. The molecule has 0 bridgehead atoms. The number of aliphatic hydroxyl groups is 1. The molecule has 0 amide bonds. The molecule has 4 nitrogen and oxygen atoms in total. The molecule has 1 aliphatic rings. The van der Waals surface area contributed by atoms with Crippen molar-refractivity contribution in [2.24, 2.45) is 5.92 Å². The van der Waals surface area contributed by atoms with Crippen LogP contribution in [0.1, 0.15) is 6.92 Å². The topological polar surface area (TPSA) is 58.6 Å². The first kappa shape index (κ1) is 8.49. The highest BCUT2D eigenvalue weighted by molar-refractivity contribution is 5.76. The van der Waals surface area contributed by atoms with Gasteiger partial charge in [-0.3, -0.25) is 4.79 Å². The summed E-state index contributed by atoms with van der Waals surface area (Å²) in [5, 5.41) is 12.1. The first-order chi connectivity index (χ1) is 5.16. The maximum Gasteiger partial charge on any atom is 0.323 e. The normalized spacial score (nSPS) is 37.2. The molecule has 0 aromatic carbocycles. The quantitative estimate of drug-likeness (QED) is 0.488. The summed E-state index contributed by atoms with van der Waals surface area (Å²) in [6.07, 6.45) is -0.431. The lowest BCUT2D eigenvalue weighted by Gasteiger charge is -2.13. The molecule has 1 heterocycles. The molecular formula is C7H13NO3. The van der Waals surface area contributed by atoms with Crippen LogP contribution in [0.3, 0.4) is 0 Å². The van der Waals surface area contributed by atoms with Crippen molar-refractivity contribution in [2.45, 2.75) is 19.1 Å². The van der Waals surface area contributed by atoms with Gasteiger partial charge in [0.15, 0.2) is 0 Å². The molecule has 11 heavy (non-hydrogen) atoms. The summed E-state index contributed by atoms with van der Waals surface area (Å²) in [6, 6.07) is -0.338. The Morgan fingerprint density at radius 3 is 2.73 bits per heavy atom. The summed E-state index contributed by atoms with van der Waals surface area (Å²) in [4.78, 5) is 11.0. The molecule has 0 aromatic heterocycles. The van der Waals surface area contributed by atoms with E-state index in [4.69, 9.17) is 0 Å². The van der Waals surface area contributed by atoms with Gasteiger partial charge in [0.05, 0.1) is 13.2 Å². The van der Waals surface area contributed by atoms with Gasteiger partial charge in [-0.25, -0.2) is 0 Å². The average molecular weight is 159 g/mol. The van der Waals surface area contributed by atoms with Gasteiger partial charge in [-0.15, -0.1) is 0 Å². The Morgan fingerprint density at radius 2 is 2.36 bits per heavy atom. The number of methoxy groups -OCH3 is 1. The van der Waals surface area contributed by atoms with Crippen LogP contribution in [0.25, 0.3) is 0 Å². The van der Waals surface area contributed by atoms with Crippen LogP contribution < -0.4 is 5.32 Å². The molecule has 0 aliphatic carbocycles. The number of ether oxygens (including phenoxy) is 1. The Morgan fingerprint density at radius 1 is 1.73 bits per heavy atom. The van der Waals surface area contributed by atoms with Crippen LogP contribution in [-0.2, 0) is 9.53 Å². The lowest BCUT2D eigenvalue weighted by molar-refractivity contribution is -0.144. The Labute approximate surface area is 65.5 Å². The highest BCUT2D eigenvalue weighted by Crippen LogP contribution is 2.15. The van der Waals surface area contributed by atoms with Crippen molar-refractivity contribution < 1.29 is 14.6 Å². The van der Waals surface area contributed by atoms with Crippen molar-refractivity contribution in [1.82, 2.24) is 5.32 Å². The zero-order chi connectivity index (χ0) is 8.43. The molecule has 1 saturated heterocycles. The number of nitrogens with one attached hydrogen (secondary N) is 1. The minimum atomic E-state index is -0.431. The highest BCUT2D eigenvalue weighted by atomic mass is 16.5. The molecule has 3 atom stereocenters. The maximum absolute atomic E-state index is 11.0. The minimum absolute atomic E-state index is 0.0533. The molecule has 0 radical (unpaired) electrons. The van der Waals surface area contributed by atoms with Gasteiger partial charge in [0, 0.05) is 12.5 Å². The number of rotatable bonds is 1. The van der Waals surface area contributed by atoms with Crippen LogP contribution in [0, 0.1) is 5.92 Å². The molecular weight excluding hydrogens is 146 g/mol. The molecule has 1 aliphatic heterocycles. The summed E-state index contributed by atoms with van der Waals surface area (Å²) < 4.78 is 4.54. The van der Waals surface area contributed by atoms with Gasteiger partial charge in [-0.05, 0) is 0 Å². The molecule has 0 aromatic rings. The van der Waals surface area contributed by atoms with E-state index in [9.17, 15) is 9.90 Å². The van der Waals surface area contributed by atoms with E-state index in [1.807, 2.05) is 6.92 Å². The van der Waals surface area contributed by atoms with Crippen molar-refractivity contribution in [3.05, 3.63) is 0 Å². The van der Waals surface area contributed by atoms with E-state index in [-0.39, 0.29) is 17.9 Å². The average Bonchev–Trinajstić information content (AvgIpc) is 2.32. The van der Waals surface area contributed by atoms with E-state index < -0.39 is 6.10 Å². The van der Waals surface area contributed by atoms with E-state index in [0.717, 1.165) is 0 Å². The van der Waals surface area contributed by atoms with Crippen LogP contribution in [0.15, 0.2) is 0 Å². The minimum Gasteiger partial charge on any atom is -0.468 e. The number of carbonyl (C=O) groups is 1. The molecule has 4 heteroatoms. The first-order valence-corrected chi connectivity index (χ1v) is 3.66. The number of aliphatic hydroxyl groups excluding tert-OH is 1.